The highest BCUT2D eigenvalue weighted by Crippen LogP contribution is 2.25. The second-order valence-corrected chi connectivity index (χ2v) is 6.79. The molecular formula is C22H32N2O2. The molecule has 0 unspecified atom stereocenters. The molecule has 0 aliphatic heterocycles. The van der Waals surface area contributed by atoms with E-state index >= 15 is 0 Å². The number of rotatable bonds is 11. The van der Waals surface area contributed by atoms with E-state index in [4.69, 9.17) is 10.5 Å². The number of esters is 1. The average molecular weight is 357 g/mol. The molecular weight excluding hydrogens is 324 g/mol. The Labute approximate surface area is 157 Å². The summed E-state index contributed by atoms with van der Waals surface area (Å²) in [7, 11) is 0. The Kier molecular flexibility index (Phi) is 8.42. The lowest BCUT2D eigenvalue weighted by Crippen LogP contribution is -2.28. The number of carbonyl (C=O) groups is 1. The van der Waals surface area contributed by atoms with Gasteiger partial charge >= 0.3 is 5.97 Å². The first-order valence-corrected chi connectivity index (χ1v) is 9.84. The smallest absolute Gasteiger partial charge is 0.338 e. The molecule has 0 bridgehead atoms. The first kappa shape index (κ1) is 20.2. The molecule has 0 saturated heterocycles. The van der Waals surface area contributed by atoms with Crippen molar-refractivity contribution in [3.63, 3.8) is 0 Å². The van der Waals surface area contributed by atoms with E-state index in [-0.39, 0.29) is 5.97 Å². The lowest BCUT2D eigenvalue weighted by molar-refractivity contribution is 0.0490. The summed E-state index contributed by atoms with van der Waals surface area (Å²) in [5.41, 5.74) is 7.27. The molecule has 2 aromatic carbocycles. The van der Waals surface area contributed by atoms with Gasteiger partial charge in [0.1, 0.15) is 0 Å². The lowest BCUT2D eigenvalue weighted by Gasteiger charge is -2.21. The number of fused-ring (bicyclic) bond motifs is 1. The molecule has 0 aliphatic rings. The monoisotopic (exact) mass is 356 g/mol. The summed E-state index contributed by atoms with van der Waals surface area (Å²) in [6.07, 6.45) is 5.73. The Balaban J connectivity index is 1.88. The molecule has 0 atom stereocenters. The van der Waals surface area contributed by atoms with Crippen molar-refractivity contribution in [2.75, 3.05) is 32.0 Å². The molecule has 0 aromatic heterocycles. The van der Waals surface area contributed by atoms with E-state index in [1.165, 1.54) is 25.7 Å². The minimum Gasteiger partial charge on any atom is -0.462 e. The summed E-state index contributed by atoms with van der Waals surface area (Å²) < 4.78 is 5.53. The zero-order chi connectivity index (χ0) is 18.8. The van der Waals surface area contributed by atoms with Gasteiger partial charge in [-0.1, -0.05) is 51.0 Å². The van der Waals surface area contributed by atoms with Crippen molar-refractivity contribution in [3.05, 3.63) is 42.0 Å². The van der Waals surface area contributed by atoms with Crippen LogP contribution < -0.4 is 5.73 Å². The fourth-order valence-electron chi connectivity index (χ4n) is 3.13. The third kappa shape index (κ3) is 5.73. The number of hydrogen-bond acceptors (Lipinski definition) is 4. The van der Waals surface area contributed by atoms with Crippen LogP contribution in [0.5, 0.6) is 0 Å². The number of anilines is 1. The maximum Gasteiger partial charge on any atom is 0.338 e. The molecule has 2 aromatic rings. The van der Waals surface area contributed by atoms with Crippen molar-refractivity contribution in [2.24, 2.45) is 0 Å². The second kappa shape index (κ2) is 10.8. The van der Waals surface area contributed by atoms with E-state index in [9.17, 15) is 4.79 Å². The molecule has 0 aliphatic carbocycles. The highest BCUT2D eigenvalue weighted by atomic mass is 16.5. The van der Waals surface area contributed by atoms with Gasteiger partial charge in [-0.25, -0.2) is 4.79 Å². The first-order valence-electron chi connectivity index (χ1n) is 9.84. The molecule has 0 fully saturated rings. The number of carbonyl (C=O) groups excluding carboxylic acids is 1. The molecule has 2 N–H and O–H groups in total. The van der Waals surface area contributed by atoms with E-state index in [0.29, 0.717) is 17.9 Å². The van der Waals surface area contributed by atoms with Crippen molar-refractivity contribution in [1.29, 1.82) is 0 Å². The quantitative estimate of drug-likeness (QED) is 0.354. The summed E-state index contributed by atoms with van der Waals surface area (Å²) >= 11 is 0. The van der Waals surface area contributed by atoms with Crippen LogP contribution in [0, 0.1) is 0 Å². The number of nitrogen functional groups attached to an aromatic ring is 1. The van der Waals surface area contributed by atoms with Gasteiger partial charge in [0.25, 0.3) is 0 Å². The predicted octanol–water partition coefficient (Wildman–Crippen LogP) is 4.87. The van der Waals surface area contributed by atoms with Crippen molar-refractivity contribution in [1.82, 2.24) is 4.90 Å². The van der Waals surface area contributed by atoms with E-state index in [1.54, 1.807) is 12.1 Å². The van der Waals surface area contributed by atoms with E-state index in [2.05, 4.69) is 18.7 Å². The minimum atomic E-state index is -0.269. The largest absolute Gasteiger partial charge is 0.462 e. The fraction of sp³-hybridized carbons (Fsp3) is 0.500. The SMILES string of the molecule is CCCCN(CCCC)CCCOC(=O)c1ccc(N)c2ccccc12. The van der Waals surface area contributed by atoms with Gasteiger partial charge in [0, 0.05) is 17.6 Å². The standard InChI is InChI=1S/C22H32N2O2/c1-3-5-14-24(15-6-4-2)16-9-17-26-22(25)20-12-13-21(23)19-11-8-7-10-18(19)20/h7-8,10-13H,3-6,9,14-17,23H2,1-2H3. The van der Waals surface area contributed by atoms with Crippen LogP contribution in [0.15, 0.2) is 36.4 Å². The van der Waals surface area contributed by atoms with Crippen molar-refractivity contribution in [3.8, 4) is 0 Å². The average Bonchev–Trinajstić information content (AvgIpc) is 2.67. The molecule has 0 radical (unpaired) electrons. The third-order valence-electron chi connectivity index (χ3n) is 4.69. The van der Waals surface area contributed by atoms with Gasteiger partial charge in [-0.15, -0.1) is 0 Å². The second-order valence-electron chi connectivity index (χ2n) is 6.79. The number of nitrogens with two attached hydrogens (primary N) is 1. The first-order chi connectivity index (χ1) is 12.7. The maximum atomic E-state index is 12.5. The number of nitrogens with zero attached hydrogens (tertiary/aromatic N) is 1. The van der Waals surface area contributed by atoms with Gasteiger partial charge in [-0.2, -0.15) is 0 Å². The van der Waals surface area contributed by atoms with Crippen molar-refractivity contribution < 1.29 is 9.53 Å². The normalized spacial score (nSPS) is 11.2. The van der Waals surface area contributed by atoms with Crippen LogP contribution in [0.4, 0.5) is 5.69 Å². The summed E-state index contributed by atoms with van der Waals surface area (Å²) in [6, 6.07) is 11.2. The summed E-state index contributed by atoms with van der Waals surface area (Å²) in [5.74, 6) is -0.269. The Bertz CT molecular complexity index is 692. The minimum absolute atomic E-state index is 0.269. The van der Waals surface area contributed by atoms with Crippen LogP contribution in [0.1, 0.15) is 56.3 Å². The molecule has 4 nitrogen and oxygen atoms in total. The van der Waals surface area contributed by atoms with Gasteiger partial charge in [0.05, 0.1) is 12.2 Å². The Hall–Kier alpha value is -2.07. The molecule has 4 heteroatoms. The number of ether oxygens (including phenoxy) is 1. The zero-order valence-electron chi connectivity index (χ0n) is 16.2. The van der Waals surface area contributed by atoms with Gasteiger partial charge in [-0.05, 0) is 49.9 Å². The molecule has 0 spiro atoms. The topological polar surface area (TPSA) is 55.6 Å². The number of hydrogen-bond donors (Lipinski definition) is 1. The Morgan fingerprint density at radius 1 is 0.923 bits per heavy atom. The summed E-state index contributed by atoms with van der Waals surface area (Å²) in [6.45, 7) is 8.13. The third-order valence-corrected chi connectivity index (χ3v) is 4.69. The molecule has 2 rings (SSSR count). The Morgan fingerprint density at radius 3 is 2.19 bits per heavy atom. The van der Waals surface area contributed by atoms with Crippen LogP contribution in [-0.2, 0) is 4.74 Å². The summed E-state index contributed by atoms with van der Waals surface area (Å²) in [4.78, 5) is 15.0. The van der Waals surface area contributed by atoms with Gasteiger partial charge < -0.3 is 15.4 Å². The van der Waals surface area contributed by atoms with Crippen molar-refractivity contribution in [2.45, 2.75) is 46.0 Å². The highest BCUT2D eigenvalue weighted by Gasteiger charge is 2.13. The molecule has 0 saturated carbocycles. The zero-order valence-corrected chi connectivity index (χ0v) is 16.2. The highest BCUT2D eigenvalue weighted by molar-refractivity contribution is 6.07. The van der Waals surface area contributed by atoms with Gasteiger partial charge in [0.2, 0.25) is 0 Å². The number of unbranched alkanes of at least 4 members (excludes halogenated alkanes) is 2. The number of benzene rings is 2. The molecule has 0 heterocycles. The van der Waals surface area contributed by atoms with Crippen LogP contribution in [0.3, 0.4) is 0 Å². The maximum absolute atomic E-state index is 12.5. The Morgan fingerprint density at radius 2 is 1.54 bits per heavy atom. The van der Waals surface area contributed by atoms with E-state index in [0.717, 1.165) is 36.8 Å². The van der Waals surface area contributed by atoms with Crippen LogP contribution in [0.25, 0.3) is 10.8 Å². The van der Waals surface area contributed by atoms with Crippen LogP contribution in [-0.4, -0.2) is 37.1 Å². The van der Waals surface area contributed by atoms with Crippen LogP contribution >= 0.6 is 0 Å². The summed E-state index contributed by atoms with van der Waals surface area (Å²) in [5, 5.41) is 1.75. The molecule has 26 heavy (non-hydrogen) atoms. The molecule has 142 valence electrons. The van der Waals surface area contributed by atoms with Gasteiger partial charge in [-0.3, -0.25) is 0 Å². The van der Waals surface area contributed by atoms with E-state index in [1.807, 2.05) is 24.3 Å². The van der Waals surface area contributed by atoms with E-state index < -0.39 is 0 Å². The predicted molar refractivity (Wildman–Crippen MR) is 110 cm³/mol. The lowest BCUT2D eigenvalue weighted by atomic mass is 10.0. The van der Waals surface area contributed by atoms with Crippen molar-refractivity contribution >= 4 is 22.4 Å². The fourth-order valence-corrected chi connectivity index (χ4v) is 3.13. The van der Waals surface area contributed by atoms with Gasteiger partial charge in [0.15, 0.2) is 0 Å². The molecule has 0 amide bonds. The van der Waals surface area contributed by atoms with Crippen LogP contribution in [0.2, 0.25) is 0 Å².